The average molecular weight is 421 g/mol. The fraction of sp³-hybridized carbons (Fsp3) is 0.962. The summed E-state index contributed by atoms with van der Waals surface area (Å²) < 4.78 is 5.14. The summed E-state index contributed by atoms with van der Waals surface area (Å²) >= 11 is 0. The fourth-order valence-electron chi connectivity index (χ4n) is 8.94. The van der Waals surface area contributed by atoms with Gasteiger partial charge in [-0.1, -0.05) is 20.8 Å². The molecule has 4 rings (SSSR count). The van der Waals surface area contributed by atoms with Crippen molar-refractivity contribution in [3.63, 3.8) is 0 Å². The third kappa shape index (κ3) is 3.54. The van der Waals surface area contributed by atoms with E-state index < -0.39 is 0 Å². The lowest BCUT2D eigenvalue weighted by atomic mass is 9.43. The van der Waals surface area contributed by atoms with Crippen LogP contribution < -0.4 is 0 Å². The number of ether oxygens (including phenoxy) is 1. The summed E-state index contributed by atoms with van der Waals surface area (Å²) in [7, 11) is 0. The molecule has 4 aliphatic rings. The standard InChI is InChI=1S/C26H44O4/c1-5-30-24(29)11-6-16(2)20-9-10-21-19-8-7-17-14-18(27)12-13-25(17,3)22(19)15-23(28)26(20,21)4/h16-23,27-28H,5-15H2,1-4H3/t16-,17+,18+,19+,20+,21+,22-,23-,25+,26-/m1/s1. The van der Waals surface area contributed by atoms with Crippen molar-refractivity contribution in [2.45, 2.75) is 104 Å². The molecule has 30 heavy (non-hydrogen) atoms. The molecular formula is C26H44O4. The van der Waals surface area contributed by atoms with E-state index in [0.29, 0.717) is 42.6 Å². The Balaban J connectivity index is 1.50. The van der Waals surface area contributed by atoms with Crippen LogP contribution in [0.2, 0.25) is 0 Å². The van der Waals surface area contributed by atoms with Crippen molar-refractivity contribution in [3.05, 3.63) is 0 Å². The van der Waals surface area contributed by atoms with Crippen LogP contribution in [0.3, 0.4) is 0 Å². The molecule has 0 aromatic rings. The molecule has 0 aromatic carbocycles. The maximum Gasteiger partial charge on any atom is 0.305 e. The van der Waals surface area contributed by atoms with Gasteiger partial charge in [0, 0.05) is 6.42 Å². The van der Waals surface area contributed by atoms with Crippen LogP contribution in [0.5, 0.6) is 0 Å². The van der Waals surface area contributed by atoms with Crippen LogP contribution in [-0.2, 0) is 9.53 Å². The van der Waals surface area contributed by atoms with E-state index >= 15 is 0 Å². The Labute approximate surface area is 183 Å². The van der Waals surface area contributed by atoms with Gasteiger partial charge in [-0.3, -0.25) is 4.79 Å². The Morgan fingerprint density at radius 1 is 1.07 bits per heavy atom. The predicted octanol–water partition coefficient (Wildman–Crippen LogP) is 4.96. The van der Waals surface area contributed by atoms with Crippen LogP contribution in [0, 0.1) is 46.3 Å². The normalized spacial score (nSPS) is 48.9. The van der Waals surface area contributed by atoms with Gasteiger partial charge in [-0.15, -0.1) is 0 Å². The molecule has 0 saturated heterocycles. The van der Waals surface area contributed by atoms with Crippen molar-refractivity contribution in [1.29, 1.82) is 0 Å². The molecule has 0 aromatic heterocycles. The first kappa shape index (κ1) is 22.6. The van der Waals surface area contributed by atoms with Gasteiger partial charge < -0.3 is 14.9 Å². The van der Waals surface area contributed by atoms with Crippen LogP contribution in [0.1, 0.15) is 91.9 Å². The summed E-state index contributed by atoms with van der Waals surface area (Å²) in [4.78, 5) is 11.9. The van der Waals surface area contributed by atoms with Gasteiger partial charge >= 0.3 is 5.97 Å². The van der Waals surface area contributed by atoms with E-state index in [9.17, 15) is 15.0 Å². The number of aliphatic hydroxyl groups excluding tert-OH is 2. The zero-order valence-electron chi connectivity index (χ0n) is 19.6. The van der Waals surface area contributed by atoms with E-state index in [4.69, 9.17) is 4.74 Å². The molecule has 4 fully saturated rings. The Morgan fingerprint density at radius 2 is 1.83 bits per heavy atom. The third-order valence-electron chi connectivity index (χ3n) is 10.6. The summed E-state index contributed by atoms with van der Waals surface area (Å²) in [6.45, 7) is 9.45. The number of carbonyl (C=O) groups excluding carboxylic acids is 1. The highest BCUT2D eigenvalue weighted by molar-refractivity contribution is 5.69. The molecule has 4 heteroatoms. The second-order valence-corrected chi connectivity index (χ2v) is 11.7. The smallest absolute Gasteiger partial charge is 0.305 e. The first-order chi connectivity index (χ1) is 14.2. The fourth-order valence-corrected chi connectivity index (χ4v) is 8.94. The molecule has 4 aliphatic carbocycles. The van der Waals surface area contributed by atoms with Gasteiger partial charge in [-0.2, -0.15) is 0 Å². The van der Waals surface area contributed by atoms with Crippen molar-refractivity contribution >= 4 is 5.97 Å². The molecule has 0 aliphatic heterocycles. The minimum Gasteiger partial charge on any atom is -0.466 e. The number of aliphatic hydroxyl groups is 2. The van der Waals surface area contributed by atoms with Gasteiger partial charge in [0.15, 0.2) is 0 Å². The van der Waals surface area contributed by atoms with Gasteiger partial charge in [0.05, 0.1) is 18.8 Å². The second kappa shape index (κ2) is 8.39. The summed E-state index contributed by atoms with van der Waals surface area (Å²) in [6, 6.07) is 0. The van der Waals surface area contributed by atoms with Crippen molar-refractivity contribution in [2.75, 3.05) is 6.61 Å². The number of hydrogen-bond donors (Lipinski definition) is 2. The second-order valence-electron chi connectivity index (χ2n) is 11.7. The molecule has 0 amide bonds. The summed E-state index contributed by atoms with van der Waals surface area (Å²) in [5, 5.41) is 21.8. The summed E-state index contributed by atoms with van der Waals surface area (Å²) in [6.07, 6.45) is 9.88. The minimum atomic E-state index is -0.247. The molecule has 0 unspecified atom stereocenters. The summed E-state index contributed by atoms with van der Waals surface area (Å²) in [5.74, 6) is 3.39. The molecule has 2 N–H and O–H groups in total. The number of carbonyl (C=O) groups is 1. The minimum absolute atomic E-state index is 0.0212. The van der Waals surface area contributed by atoms with Crippen molar-refractivity contribution in [2.24, 2.45) is 46.3 Å². The van der Waals surface area contributed by atoms with E-state index in [1.54, 1.807) is 0 Å². The molecule has 0 heterocycles. The topological polar surface area (TPSA) is 66.8 Å². The molecule has 4 nitrogen and oxygen atoms in total. The highest BCUT2D eigenvalue weighted by Crippen LogP contribution is 2.68. The molecule has 172 valence electrons. The van der Waals surface area contributed by atoms with Gasteiger partial charge in [-0.25, -0.2) is 0 Å². The average Bonchev–Trinajstić information content (AvgIpc) is 3.07. The van der Waals surface area contributed by atoms with Crippen molar-refractivity contribution in [3.8, 4) is 0 Å². The largest absolute Gasteiger partial charge is 0.466 e. The SMILES string of the molecule is CCOC(=O)CC[C@@H](C)[C@@H]1CC[C@H]2[C@@H]3CC[C@H]4C[C@@H](O)CC[C@]4(C)[C@@H]3C[C@@H](O)[C@@]21C. The van der Waals surface area contributed by atoms with E-state index in [1.165, 1.54) is 25.7 Å². The quantitative estimate of drug-likeness (QED) is 0.617. The predicted molar refractivity (Wildman–Crippen MR) is 118 cm³/mol. The maximum absolute atomic E-state index is 11.9. The lowest BCUT2D eigenvalue weighted by Gasteiger charge is -2.62. The Kier molecular flexibility index (Phi) is 6.31. The zero-order valence-corrected chi connectivity index (χ0v) is 19.6. The van der Waals surface area contributed by atoms with Gasteiger partial charge in [-0.05, 0) is 111 Å². The Hall–Kier alpha value is -0.610. The number of esters is 1. The number of fused-ring (bicyclic) bond motifs is 5. The van der Waals surface area contributed by atoms with E-state index in [-0.39, 0.29) is 29.0 Å². The van der Waals surface area contributed by atoms with Crippen LogP contribution >= 0.6 is 0 Å². The van der Waals surface area contributed by atoms with Gasteiger partial charge in [0.25, 0.3) is 0 Å². The van der Waals surface area contributed by atoms with Gasteiger partial charge in [0.1, 0.15) is 0 Å². The first-order valence-electron chi connectivity index (χ1n) is 12.7. The highest BCUT2D eigenvalue weighted by atomic mass is 16.5. The third-order valence-corrected chi connectivity index (χ3v) is 10.6. The van der Waals surface area contributed by atoms with Crippen LogP contribution in [0.15, 0.2) is 0 Å². The summed E-state index contributed by atoms with van der Waals surface area (Å²) in [5.41, 5.74) is 0.269. The number of rotatable bonds is 5. The monoisotopic (exact) mass is 420 g/mol. The Bertz CT molecular complexity index is 635. The lowest BCUT2D eigenvalue weighted by Crippen LogP contribution is -2.58. The maximum atomic E-state index is 11.9. The zero-order chi connectivity index (χ0) is 21.7. The molecular weight excluding hydrogens is 376 g/mol. The molecule has 10 atom stereocenters. The van der Waals surface area contributed by atoms with Crippen LogP contribution in [-0.4, -0.2) is 35.0 Å². The van der Waals surface area contributed by atoms with E-state index in [1.807, 2.05) is 6.92 Å². The van der Waals surface area contributed by atoms with Crippen LogP contribution in [0.25, 0.3) is 0 Å². The first-order valence-corrected chi connectivity index (χ1v) is 12.7. The molecule has 0 radical (unpaired) electrons. The molecule has 0 bridgehead atoms. The molecule has 4 saturated carbocycles. The van der Waals surface area contributed by atoms with Crippen molar-refractivity contribution in [1.82, 2.24) is 0 Å². The van der Waals surface area contributed by atoms with Gasteiger partial charge in [0.2, 0.25) is 0 Å². The van der Waals surface area contributed by atoms with Crippen LogP contribution in [0.4, 0.5) is 0 Å². The number of hydrogen-bond acceptors (Lipinski definition) is 4. The van der Waals surface area contributed by atoms with E-state index in [0.717, 1.165) is 38.0 Å². The Morgan fingerprint density at radius 3 is 2.57 bits per heavy atom. The lowest BCUT2D eigenvalue weighted by molar-refractivity contribution is -0.175. The van der Waals surface area contributed by atoms with Crippen molar-refractivity contribution < 1.29 is 19.7 Å². The molecule has 0 spiro atoms. The highest BCUT2D eigenvalue weighted by Gasteiger charge is 2.63. The van der Waals surface area contributed by atoms with E-state index in [2.05, 4.69) is 20.8 Å².